The van der Waals surface area contributed by atoms with Crippen LogP contribution in [0.3, 0.4) is 0 Å². The Bertz CT molecular complexity index is 1370. The van der Waals surface area contributed by atoms with Crippen molar-refractivity contribution >= 4 is 39.9 Å². The minimum Gasteiger partial charge on any atom is -0.457 e. The molecule has 0 atom stereocenters. The molecule has 2 amide bonds. The Labute approximate surface area is 211 Å². The number of fused-ring (bicyclic) bond motifs is 1. The summed E-state index contributed by atoms with van der Waals surface area (Å²) in [5.41, 5.74) is 0.0389. The van der Waals surface area contributed by atoms with E-state index in [1.807, 2.05) is 32.4 Å². The first kappa shape index (κ1) is 25.4. The summed E-state index contributed by atoms with van der Waals surface area (Å²) in [5, 5.41) is 6.28. The molecule has 1 heterocycles. The number of anilines is 2. The highest BCUT2D eigenvalue weighted by Crippen LogP contribution is 2.38. The summed E-state index contributed by atoms with van der Waals surface area (Å²) in [6.07, 6.45) is -2.75. The van der Waals surface area contributed by atoms with E-state index in [-0.39, 0.29) is 11.4 Å². The van der Waals surface area contributed by atoms with Crippen LogP contribution in [0.1, 0.15) is 5.56 Å². The third kappa shape index (κ3) is 6.30. The van der Waals surface area contributed by atoms with Gasteiger partial charge in [-0.3, -0.25) is 0 Å². The van der Waals surface area contributed by atoms with Crippen LogP contribution < -0.4 is 15.4 Å². The number of urea groups is 1. The van der Waals surface area contributed by atoms with E-state index in [9.17, 15) is 18.0 Å². The molecule has 6 nitrogen and oxygen atoms in total. The summed E-state index contributed by atoms with van der Waals surface area (Å²) in [5.74, 6) is 0.303. The van der Waals surface area contributed by atoms with Crippen molar-refractivity contribution in [2.24, 2.45) is 0 Å². The van der Waals surface area contributed by atoms with Gasteiger partial charge in [0, 0.05) is 40.9 Å². The van der Waals surface area contributed by atoms with Crippen molar-refractivity contribution in [3.8, 4) is 11.5 Å². The van der Waals surface area contributed by atoms with Crippen LogP contribution >= 0.6 is 11.6 Å². The standard InChI is InChI=1S/C26H24ClF3N4O2/c1-33(2)13-14-34-12-11-17-15-19(5-10-24(17)34)31-25(35)32-23-9-8-21(16-22(23)26(28,29)30)36-20-6-3-18(27)4-7-20/h3-12,15-16H,13-14H2,1-2H3,(H2,31,32,35). The van der Waals surface area contributed by atoms with Crippen LogP contribution in [0.5, 0.6) is 11.5 Å². The van der Waals surface area contributed by atoms with Gasteiger partial charge in [0.25, 0.3) is 0 Å². The monoisotopic (exact) mass is 516 g/mol. The number of hydrogen-bond donors (Lipinski definition) is 2. The van der Waals surface area contributed by atoms with Crippen LogP contribution in [0.2, 0.25) is 5.02 Å². The number of hydrogen-bond acceptors (Lipinski definition) is 3. The second-order valence-electron chi connectivity index (χ2n) is 8.43. The van der Waals surface area contributed by atoms with Gasteiger partial charge in [0.15, 0.2) is 0 Å². The van der Waals surface area contributed by atoms with Gasteiger partial charge in [-0.1, -0.05) is 11.6 Å². The summed E-state index contributed by atoms with van der Waals surface area (Å²) in [4.78, 5) is 14.6. The highest BCUT2D eigenvalue weighted by molar-refractivity contribution is 6.30. The van der Waals surface area contributed by atoms with Gasteiger partial charge < -0.3 is 24.8 Å². The first-order valence-electron chi connectivity index (χ1n) is 11.0. The van der Waals surface area contributed by atoms with Gasteiger partial charge in [-0.05, 0) is 80.8 Å². The quantitative estimate of drug-likeness (QED) is 0.271. The Hall–Kier alpha value is -3.69. The molecule has 0 saturated heterocycles. The van der Waals surface area contributed by atoms with E-state index in [4.69, 9.17) is 16.3 Å². The molecule has 10 heteroatoms. The zero-order valence-electron chi connectivity index (χ0n) is 19.6. The fraction of sp³-hybridized carbons (Fsp3) is 0.192. The summed E-state index contributed by atoms with van der Waals surface area (Å²) >= 11 is 5.83. The van der Waals surface area contributed by atoms with Gasteiger partial charge >= 0.3 is 12.2 Å². The molecule has 4 aromatic rings. The Morgan fingerprint density at radius 1 is 0.972 bits per heavy atom. The number of rotatable bonds is 7. The summed E-state index contributed by atoms with van der Waals surface area (Å²) in [6, 6.07) is 16.0. The van der Waals surface area contributed by atoms with E-state index in [1.165, 1.54) is 6.07 Å². The fourth-order valence-corrected chi connectivity index (χ4v) is 3.76. The van der Waals surface area contributed by atoms with E-state index in [0.717, 1.165) is 36.1 Å². The molecule has 0 bridgehead atoms. The fourth-order valence-electron chi connectivity index (χ4n) is 3.63. The SMILES string of the molecule is CN(C)CCn1ccc2cc(NC(=O)Nc3ccc(Oc4ccc(Cl)cc4)cc3C(F)(F)F)ccc21. The van der Waals surface area contributed by atoms with Crippen LogP contribution in [0.25, 0.3) is 10.9 Å². The molecule has 36 heavy (non-hydrogen) atoms. The molecule has 2 N–H and O–H groups in total. The highest BCUT2D eigenvalue weighted by Gasteiger charge is 2.34. The molecular formula is C26H24ClF3N4O2. The third-order valence-electron chi connectivity index (χ3n) is 5.41. The Morgan fingerprint density at radius 3 is 2.39 bits per heavy atom. The number of benzene rings is 3. The van der Waals surface area contributed by atoms with E-state index in [0.29, 0.717) is 16.5 Å². The van der Waals surface area contributed by atoms with E-state index >= 15 is 0 Å². The molecule has 4 rings (SSSR count). The van der Waals surface area contributed by atoms with Gasteiger partial charge in [-0.25, -0.2) is 4.79 Å². The zero-order valence-corrected chi connectivity index (χ0v) is 20.3. The maximum atomic E-state index is 13.7. The Morgan fingerprint density at radius 2 is 1.69 bits per heavy atom. The van der Waals surface area contributed by atoms with Crippen molar-refractivity contribution in [1.82, 2.24) is 9.47 Å². The van der Waals surface area contributed by atoms with Crippen LogP contribution in [-0.4, -0.2) is 36.1 Å². The van der Waals surface area contributed by atoms with Gasteiger partial charge in [0.2, 0.25) is 0 Å². The van der Waals surface area contributed by atoms with E-state index < -0.39 is 17.8 Å². The van der Waals surface area contributed by atoms with Crippen molar-refractivity contribution in [1.29, 1.82) is 0 Å². The molecule has 0 unspecified atom stereocenters. The van der Waals surface area contributed by atoms with E-state index in [1.54, 1.807) is 36.4 Å². The Balaban J connectivity index is 1.48. The lowest BCUT2D eigenvalue weighted by Gasteiger charge is -2.16. The molecular weight excluding hydrogens is 493 g/mol. The normalized spacial score (nSPS) is 11.6. The summed E-state index contributed by atoms with van der Waals surface area (Å²) in [7, 11) is 3.99. The average molecular weight is 517 g/mol. The number of halogens is 4. The lowest BCUT2D eigenvalue weighted by atomic mass is 10.1. The summed E-state index contributed by atoms with van der Waals surface area (Å²) in [6.45, 7) is 1.68. The third-order valence-corrected chi connectivity index (χ3v) is 5.66. The van der Waals surface area contributed by atoms with Crippen molar-refractivity contribution in [2.75, 3.05) is 31.3 Å². The predicted octanol–water partition coefficient (Wildman–Crippen LogP) is 7.31. The smallest absolute Gasteiger partial charge is 0.418 e. The van der Waals surface area contributed by atoms with Gasteiger partial charge in [-0.15, -0.1) is 0 Å². The number of alkyl halides is 3. The van der Waals surface area contributed by atoms with Crippen molar-refractivity contribution in [3.63, 3.8) is 0 Å². The first-order chi connectivity index (χ1) is 17.1. The molecule has 0 aliphatic heterocycles. The van der Waals surface area contributed by atoms with Gasteiger partial charge in [-0.2, -0.15) is 13.2 Å². The minimum absolute atomic E-state index is 0.0279. The maximum absolute atomic E-state index is 13.7. The number of carbonyl (C=O) groups excluding carboxylic acids is 1. The average Bonchev–Trinajstić information content (AvgIpc) is 3.21. The first-order valence-corrected chi connectivity index (χ1v) is 11.4. The number of amides is 2. The molecule has 0 aliphatic carbocycles. The molecule has 3 aromatic carbocycles. The molecule has 0 aliphatic rings. The topological polar surface area (TPSA) is 58.5 Å². The van der Waals surface area contributed by atoms with E-state index in [2.05, 4.69) is 20.1 Å². The van der Waals surface area contributed by atoms with Crippen LogP contribution in [0.15, 0.2) is 72.9 Å². The number of aromatic nitrogens is 1. The van der Waals surface area contributed by atoms with Crippen LogP contribution in [0.4, 0.5) is 29.3 Å². The second kappa shape index (κ2) is 10.5. The van der Waals surface area contributed by atoms with Crippen molar-refractivity contribution in [2.45, 2.75) is 12.7 Å². The number of nitrogens with one attached hydrogen (secondary N) is 2. The molecule has 0 fully saturated rings. The second-order valence-corrected chi connectivity index (χ2v) is 8.86. The number of nitrogens with zero attached hydrogens (tertiary/aromatic N) is 2. The lowest BCUT2D eigenvalue weighted by molar-refractivity contribution is -0.137. The van der Waals surface area contributed by atoms with Crippen LogP contribution in [-0.2, 0) is 12.7 Å². The number of carbonyl (C=O) groups is 1. The molecule has 0 radical (unpaired) electrons. The largest absolute Gasteiger partial charge is 0.457 e. The molecule has 0 spiro atoms. The Kier molecular flexibility index (Phi) is 7.42. The number of likely N-dealkylation sites (N-methyl/N-ethyl adjacent to an activating group) is 1. The summed E-state index contributed by atoms with van der Waals surface area (Å²) < 4.78 is 48.8. The lowest BCUT2D eigenvalue weighted by Crippen LogP contribution is -2.22. The highest BCUT2D eigenvalue weighted by atomic mass is 35.5. The van der Waals surface area contributed by atoms with Gasteiger partial charge in [0.1, 0.15) is 11.5 Å². The van der Waals surface area contributed by atoms with Crippen molar-refractivity contribution in [3.05, 3.63) is 83.5 Å². The minimum atomic E-state index is -4.71. The molecule has 188 valence electrons. The number of ether oxygens (including phenoxy) is 1. The maximum Gasteiger partial charge on any atom is 0.418 e. The van der Waals surface area contributed by atoms with Crippen molar-refractivity contribution < 1.29 is 22.7 Å². The molecule has 1 aromatic heterocycles. The van der Waals surface area contributed by atoms with Crippen LogP contribution in [0, 0.1) is 0 Å². The zero-order chi connectivity index (χ0) is 25.9. The predicted molar refractivity (Wildman–Crippen MR) is 136 cm³/mol. The van der Waals surface area contributed by atoms with Gasteiger partial charge in [0.05, 0.1) is 11.3 Å². The molecule has 0 saturated carbocycles.